The van der Waals surface area contributed by atoms with Crippen LogP contribution in [-0.4, -0.2) is 101 Å². The summed E-state index contributed by atoms with van der Waals surface area (Å²) in [5.41, 5.74) is 2.05. The van der Waals surface area contributed by atoms with Crippen LogP contribution in [0.5, 0.6) is 11.5 Å². The fraction of sp³-hybridized carbons (Fsp3) is 0.458. The van der Waals surface area contributed by atoms with E-state index in [9.17, 15) is 33.6 Å². The quantitative estimate of drug-likeness (QED) is 0.185. The summed E-state index contributed by atoms with van der Waals surface area (Å²) in [7, 11) is 2.61. The first-order valence-corrected chi connectivity index (χ1v) is 12.1. The number of carboxylic acids is 1. The van der Waals surface area contributed by atoms with Gasteiger partial charge in [-0.25, -0.2) is 19.8 Å². The average Bonchev–Trinajstić information content (AvgIpc) is 3.05. The van der Waals surface area contributed by atoms with Crippen molar-refractivity contribution < 1.29 is 48.1 Å². The molecule has 210 valence electrons. The average molecular weight is 548 g/mol. The number of Topliss-reactive ketones (excluding diaryl/α,β-unsaturated/α-hetero) is 1. The lowest BCUT2D eigenvalue weighted by Gasteiger charge is -2.42. The highest BCUT2D eigenvalue weighted by atomic mass is 16.5. The number of carboxylic acid groups (broad SMARTS) is 1. The molecule has 39 heavy (non-hydrogen) atoms. The van der Waals surface area contributed by atoms with Gasteiger partial charge in [0.1, 0.15) is 29.4 Å². The number of aliphatic carboxylic acids is 1. The van der Waals surface area contributed by atoms with E-state index in [0.29, 0.717) is 12.7 Å². The van der Waals surface area contributed by atoms with E-state index in [0.717, 1.165) is 15.0 Å². The first kappa shape index (κ1) is 28.9. The molecule has 2 saturated heterocycles. The van der Waals surface area contributed by atoms with Gasteiger partial charge in [0, 0.05) is 19.4 Å². The molecule has 1 aromatic rings. The van der Waals surface area contributed by atoms with Crippen LogP contribution in [0.1, 0.15) is 42.5 Å². The van der Waals surface area contributed by atoms with Crippen molar-refractivity contribution in [3.63, 3.8) is 0 Å². The lowest BCUT2D eigenvalue weighted by Crippen LogP contribution is -2.65. The molecule has 0 bridgehead atoms. The van der Waals surface area contributed by atoms with Crippen molar-refractivity contribution in [2.75, 3.05) is 27.3 Å². The van der Waals surface area contributed by atoms with Crippen LogP contribution in [0, 0.1) is 0 Å². The van der Waals surface area contributed by atoms with E-state index in [4.69, 9.17) is 14.6 Å². The molecule has 0 unspecified atom stereocenters. The number of methoxy groups -OCH3 is 2. The summed E-state index contributed by atoms with van der Waals surface area (Å²) in [6.07, 6.45) is 0.147. The van der Waals surface area contributed by atoms with Gasteiger partial charge in [-0.15, -0.1) is 0 Å². The maximum Gasteiger partial charge on any atom is 0.358 e. The van der Waals surface area contributed by atoms with Crippen LogP contribution in [0.4, 0.5) is 4.79 Å². The molecule has 2 atom stereocenters. The highest BCUT2D eigenvalue weighted by Crippen LogP contribution is 2.29. The van der Waals surface area contributed by atoms with Gasteiger partial charge in [0.05, 0.1) is 26.8 Å². The zero-order chi connectivity index (χ0) is 28.7. The molecule has 0 saturated carbocycles. The summed E-state index contributed by atoms with van der Waals surface area (Å²) < 4.78 is 10.3. The van der Waals surface area contributed by atoms with E-state index in [1.165, 1.54) is 26.4 Å². The highest BCUT2D eigenvalue weighted by Gasteiger charge is 2.44. The Morgan fingerprint density at radius 1 is 1.13 bits per heavy atom. The molecule has 3 N–H and O–H groups in total. The van der Waals surface area contributed by atoms with Gasteiger partial charge >= 0.3 is 17.9 Å². The number of ether oxygens (including phenoxy) is 2. The number of nitrogens with one attached hydrogen (secondary N) is 2. The number of hydrogen-bond donors (Lipinski definition) is 3. The molecule has 5 amide bonds. The fourth-order valence-electron chi connectivity index (χ4n) is 4.31. The van der Waals surface area contributed by atoms with Gasteiger partial charge in [-0.2, -0.15) is 0 Å². The minimum Gasteiger partial charge on any atom is -0.496 e. The van der Waals surface area contributed by atoms with E-state index in [1.54, 1.807) is 6.07 Å². The topological polar surface area (TPSA) is 192 Å². The molecule has 1 aromatic carbocycles. The Morgan fingerprint density at radius 2 is 1.79 bits per heavy atom. The van der Waals surface area contributed by atoms with Gasteiger partial charge < -0.3 is 24.7 Å². The molecule has 2 aliphatic heterocycles. The van der Waals surface area contributed by atoms with Gasteiger partial charge in [0.2, 0.25) is 11.8 Å². The van der Waals surface area contributed by atoms with E-state index in [2.05, 4.69) is 10.7 Å². The Bertz CT molecular complexity index is 1150. The van der Waals surface area contributed by atoms with Crippen molar-refractivity contribution in [1.82, 2.24) is 25.8 Å². The van der Waals surface area contributed by atoms with Crippen LogP contribution in [-0.2, 0) is 24.0 Å². The minimum atomic E-state index is -1.23. The number of amides is 5. The SMILES string of the molecule is COc1cccc(OC)c1C(=O)C(=O)NN1CCC(=O)N2CCC[C@@H](C(=O)N[C@H](C=O)CCC(=O)O)N2C1=O. The van der Waals surface area contributed by atoms with Crippen LogP contribution in [0.15, 0.2) is 18.2 Å². The number of fused-ring (bicyclic) bond motifs is 1. The molecule has 3 rings (SSSR count). The molecule has 0 aromatic heterocycles. The summed E-state index contributed by atoms with van der Waals surface area (Å²) in [6.45, 7) is -0.153. The zero-order valence-electron chi connectivity index (χ0n) is 21.4. The van der Waals surface area contributed by atoms with Crippen LogP contribution >= 0.6 is 0 Å². The summed E-state index contributed by atoms with van der Waals surface area (Å²) in [6, 6.07) is 1.18. The Morgan fingerprint density at radius 3 is 2.38 bits per heavy atom. The molecule has 15 heteroatoms. The molecule has 0 aliphatic carbocycles. The van der Waals surface area contributed by atoms with Crippen molar-refractivity contribution >= 4 is 41.8 Å². The second-order valence-corrected chi connectivity index (χ2v) is 8.69. The zero-order valence-corrected chi connectivity index (χ0v) is 21.4. The van der Waals surface area contributed by atoms with Gasteiger partial charge in [0.25, 0.3) is 5.78 Å². The van der Waals surface area contributed by atoms with Crippen LogP contribution < -0.4 is 20.2 Å². The molecule has 2 aliphatic rings. The predicted molar refractivity (Wildman–Crippen MR) is 130 cm³/mol. The lowest BCUT2D eigenvalue weighted by atomic mass is 10.1. The molecular weight excluding hydrogens is 518 g/mol. The number of ketones is 1. The van der Waals surface area contributed by atoms with Crippen LogP contribution in [0.3, 0.4) is 0 Å². The maximum atomic E-state index is 13.5. The Balaban J connectivity index is 1.82. The molecule has 2 heterocycles. The van der Waals surface area contributed by atoms with Crippen molar-refractivity contribution in [3.05, 3.63) is 23.8 Å². The minimum absolute atomic E-state index is 0.0680. The first-order valence-electron chi connectivity index (χ1n) is 12.1. The normalized spacial score (nSPS) is 17.9. The number of rotatable bonds is 11. The molecule has 15 nitrogen and oxygen atoms in total. The van der Waals surface area contributed by atoms with Crippen molar-refractivity contribution in [2.45, 2.75) is 44.2 Å². The lowest BCUT2D eigenvalue weighted by molar-refractivity contribution is -0.155. The largest absolute Gasteiger partial charge is 0.496 e. The number of nitrogens with zero attached hydrogens (tertiary/aromatic N) is 3. The molecular formula is C24H29N5O10. The summed E-state index contributed by atoms with van der Waals surface area (Å²) in [5, 5.41) is 14.0. The molecule has 0 radical (unpaired) electrons. The summed E-state index contributed by atoms with van der Waals surface area (Å²) in [4.78, 5) is 87.5. The van der Waals surface area contributed by atoms with Gasteiger partial charge in [0.15, 0.2) is 0 Å². The van der Waals surface area contributed by atoms with Gasteiger partial charge in [-0.1, -0.05) is 6.07 Å². The number of hydrazine groups is 2. The third kappa shape index (κ3) is 6.42. The van der Waals surface area contributed by atoms with Crippen molar-refractivity contribution in [3.8, 4) is 11.5 Å². The Labute approximate surface area is 222 Å². The van der Waals surface area contributed by atoms with Gasteiger partial charge in [-0.05, 0) is 31.4 Å². The number of aldehydes is 1. The first-order chi connectivity index (χ1) is 18.6. The van der Waals surface area contributed by atoms with Crippen LogP contribution in [0.2, 0.25) is 0 Å². The van der Waals surface area contributed by atoms with E-state index in [1.807, 2.05) is 0 Å². The second-order valence-electron chi connectivity index (χ2n) is 8.69. The summed E-state index contributed by atoms with van der Waals surface area (Å²) >= 11 is 0. The van der Waals surface area contributed by atoms with Gasteiger partial charge in [-0.3, -0.25) is 29.4 Å². The summed E-state index contributed by atoms with van der Waals surface area (Å²) in [5.74, 6) is -4.55. The molecule has 0 spiro atoms. The maximum absolute atomic E-state index is 13.5. The number of carbonyl (C=O) groups excluding carboxylic acids is 6. The van der Waals surface area contributed by atoms with Crippen LogP contribution in [0.25, 0.3) is 0 Å². The van der Waals surface area contributed by atoms with Crippen molar-refractivity contribution in [2.24, 2.45) is 0 Å². The number of benzene rings is 1. The number of urea groups is 1. The Kier molecular flexibility index (Phi) is 9.41. The Hall–Kier alpha value is -4.69. The monoisotopic (exact) mass is 547 g/mol. The third-order valence-corrected chi connectivity index (χ3v) is 6.23. The van der Waals surface area contributed by atoms with Crippen molar-refractivity contribution in [1.29, 1.82) is 0 Å². The fourth-order valence-corrected chi connectivity index (χ4v) is 4.31. The van der Waals surface area contributed by atoms with E-state index in [-0.39, 0.29) is 55.8 Å². The molecule has 2 fully saturated rings. The highest BCUT2D eigenvalue weighted by molar-refractivity contribution is 6.44. The standard InChI is InChI=1S/C24H29N5O10/c1-38-16-6-3-7-17(39-2)20(16)21(34)23(36)26-27-12-10-18(31)28-11-4-5-15(29(28)24(27)37)22(35)25-14(13-30)8-9-19(32)33/h3,6-7,13-15H,4-5,8-12H2,1-2H3,(H,25,35)(H,26,36)(H,32,33)/t14-,15-/m0/s1. The predicted octanol–water partition coefficient (Wildman–Crippen LogP) is -0.500. The van der Waals surface area contributed by atoms with E-state index < -0.39 is 47.6 Å². The second kappa shape index (κ2) is 12.7. The third-order valence-electron chi connectivity index (χ3n) is 6.23. The van der Waals surface area contributed by atoms with E-state index >= 15 is 0 Å². The number of carbonyl (C=O) groups is 7. The number of hydrogen-bond acceptors (Lipinski definition) is 9. The smallest absolute Gasteiger partial charge is 0.358 e.